The first kappa shape index (κ1) is 14.9. The average Bonchev–Trinajstić information content (AvgIpc) is 3.18. The second kappa shape index (κ2) is 6.02. The van der Waals surface area contributed by atoms with E-state index in [2.05, 4.69) is 10.2 Å². The number of sulfonamides is 1. The van der Waals surface area contributed by atoms with Gasteiger partial charge in [-0.15, -0.1) is 0 Å². The Morgan fingerprint density at radius 2 is 1.86 bits per heavy atom. The lowest BCUT2D eigenvalue weighted by Crippen LogP contribution is -2.27. The number of rotatable bonds is 4. The van der Waals surface area contributed by atoms with Gasteiger partial charge in [-0.25, -0.2) is 8.42 Å². The summed E-state index contributed by atoms with van der Waals surface area (Å²) in [4.78, 5) is 1.58. The molecule has 3 rings (SSSR count). The molecule has 116 valence electrons. The lowest BCUT2D eigenvalue weighted by atomic mass is 10.2. The zero-order chi connectivity index (χ0) is 15.6. The fourth-order valence-electron chi connectivity index (χ4n) is 2.47. The van der Waals surface area contributed by atoms with E-state index in [9.17, 15) is 8.42 Å². The van der Waals surface area contributed by atoms with Crippen LogP contribution in [-0.2, 0) is 10.0 Å². The Balaban J connectivity index is 1.70. The zero-order valence-corrected chi connectivity index (χ0v) is 13.1. The molecule has 0 aliphatic carbocycles. The van der Waals surface area contributed by atoms with Gasteiger partial charge in [0.2, 0.25) is 10.0 Å². The molecule has 0 spiro atoms. The van der Waals surface area contributed by atoms with Gasteiger partial charge in [-0.1, -0.05) is 29.8 Å². The van der Waals surface area contributed by atoms with E-state index in [1.807, 2.05) is 31.2 Å². The molecule has 0 saturated carbocycles. The Bertz CT molecular complexity index is 751. The Morgan fingerprint density at radius 3 is 2.55 bits per heavy atom. The van der Waals surface area contributed by atoms with Crippen LogP contribution < -0.4 is 0 Å². The van der Waals surface area contributed by atoms with Crippen molar-refractivity contribution in [2.75, 3.05) is 13.1 Å². The molecule has 2 heterocycles. The maximum Gasteiger partial charge on any atom is 0.236 e. The molecule has 22 heavy (non-hydrogen) atoms. The fraction of sp³-hybridized carbons (Fsp3) is 0.333. The van der Waals surface area contributed by atoms with Gasteiger partial charge in [0.05, 0.1) is 18.4 Å². The van der Waals surface area contributed by atoms with Crippen molar-refractivity contribution in [1.82, 2.24) is 19.3 Å². The lowest BCUT2D eigenvalue weighted by molar-refractivity contribution is 0.405. The fourth-order valence-corrected chi connectivity index (χ4v) is 3.71. The summed E-state index contributed by atoms with van der Waals surface area (Å²) in [7, 11) is -3.41. The van der Waals surface area contributed by atoms with E-state index in [4.69, 9.17) is 0 Å². The van der Waals surface area contributed by atoms with E-state index in [0.717, 1.165) is 17.5 Å². The van der Waals surface area contributed by atoms with Crippen molar-refractivity contribution in [3.63, 3.8) is 0 Å². The second-order valence-corrected chi connectivity index (χ2v) is 7.23. The third kappa shape index (κ3) is 3.26. The van der Waals surface area contributed by atoms with E-state index < -0.39 is 10.0 Å². The van der Waals surface area contributed by atoms with Gasteiger partial charge in [-0.3, -0.25) is 0 Å². The molecule has 1 aromatic carbocycles. The maximum absolute atomic E-state index is 12.4. The first-order chi connectivity index (χ1) is 10.5. The molecule has 1 aliphatic heterocycles. The highest BCUT2D eigenvalue weighted by atomic mass is 32.2. The molecule has 1 aromatic heterocycles. The van der Waals surface area contributed by atoms with Crippen LogP contribution in [0.3, 0.4) is 0 Å². The largest absolute Gasteiger partial charge is 0.236 e. The van der Waals surface area contributed by atoms with Crippen LogP contribution in [0.15, 0.2) is 42.1 Å². The number of benzene rings is 1. The highest BCUT2D eigenvalue weighted by Crippen LogP contribution is 2.23. The Labute approximate surface area is 130 Å². The van der Waals surface area contributed by atoms with Gasteiger partial charge in [0, 0.05) is 18.5 Å². The van der Waals surface area contributed by atoms with Gasteiger partial charge >= 0.3 is 0 Å². The molecule has 1 atom stereocenters. The monoisotopic (exact) mass is 318 g/mol. The molecule has 1 aliphatic rings. The first-order valence-electron chi connectivity index (χ1n) is 7.15. The van der Waals surface area contributed by atoms with E-state index in [-0.39, 0.29) is 6.04 Å². The summed E-state index contributed by atoms with van der Waals surface area (Å²) in [6.07, 6.45) is 5.57. The van der Waals surface area contributed by atoms with Crippen molar-refractivity contribution in [2.24, 2.45) is 0 Å². The molecular weight excluding hydrogens is 300 g/mol. The highest BCUT2D eigenvalue weighted by molar-refractivity contribution is 7.92. The smallest absolute Gasteiger partial charge is 0.208 e. The summed E-state index contributed by atoms with van der Waals surface area (Å²) < 4.78 is 26.2. The molecule has 0 radical (unpaired) electrons. The summed E-state index contributed by atoms with van der Waals surface area (Å²) in [5.41, 5.74) is 2.02. The van der Waals surface area contributed by atoms with Crippen LogP contribution in [-0.4, -0.2) is 40.8 Å². The topological polar surface area (TPSA) is 68.1 Å². The van der Waals surface area contributed by atoms with Crippen LogP contribution >= 0.6 is 0 Å². The molecule has 1 fully saturated rings. The normalized spacial score (nSPS) is 20.0. The molecule has 0 N–H and O–H groups in total. The molecule has 0 bridgehead atoms. The van der Waals surface area contributed by atoms with Crippen molar-refractivity contribution < 1.29 is 8.42 Å². The van der Waals surface area contributed by atoms with Gasteiger partial charge in [0.1, 0.15) is 0 Å². The Morgan fingerprint density at radius 1 is 1.18 bits per heavy atom. The molecule has 0 amide bonds. The lowest BCUT2D eigenvalue weighted by Gasteiger charge is -2.13. The van der Waals surface area contributed by atoms with Crippen molar-refractivity contribution >= 4 is 16.1 Å². The van der Waals surface area contributed by atoms with Gasteiger partial charge < -0.3 is 0 Å². The molecule has 1 saturated heterocycles. The van der Waals surface area contributed by atoms with Crippen molar-refractivity contribution in [1.29, 1.82) is 0 Å². The van der Waals surface area contributed by atoms with E-state index in [0.29, 0.717) is 13.1 Å². The van der Waals surface area contributed by atoms with E-state index in [1.54, 1.807) is 23.3 Å². The van der Waals surface area contributed by atoms with Crippen LogP contribution in [0.5, 0.6) is 0 Å². The minimum absolute atomic E-state index is 0.0116. The third-order valence-electron chi connectivity index (χ3n) is 3.76. The molecule has 2 aromatic rings. The Kier molecular flexibility index (Phi) is 4.08. The average molecular weight is 318 g/mol. The number of aromatic nitrogens is 3. The van der Waals surface area contributed by atoms with Crippen molar-refractivity contribution in [2.45, 2.75) is 19.4 Å². The number of hydrogen-bond acceptors (Lipinski definition) is 4. The summed E-state index contributed by atoms with van der Waals surface area (Å²) in [5, 5.41) is 9.44. The molecule has 6 nitrogen and oxygen atoms in total. The molecule has 0 unspecified atom stereocenters. The molecular formula is C15H18N4O2S. The Hall–Kier alpha value is -1.99. The van der Waals surface area contributed by atoms with Gasteiger partial charge in [-0.2, -0.15) is 19.3 Å². The van der Waals surface area contributed by atoms with Crippen LogP contribution in [0.2, 0.25) is 0 Å². The van der Waals surface area contributed by atoms with Crippen molar-refractivity contribution in [3.8, 4) is 0 Å². The minimum Gasteiger partial charge on any atom is -0.208 e. The number of nitrogens with zero attached hydrogens (tertiary/aromatic N) is 4. The minimum atomic E-state index is -3.41. The summed E-state index contributed by atoms with van der Waals surface area (Å²) >= 11 is 0. The van der Waals surface area contributed by atoms with Gasteiger partial charge in [0.15, 0.2) is 0 Å². The maximum atomic E-state index is 12.4. The quantitative estimate of drug-likeness (QED) is 0.862. The first-order valence-corrected chi connectivity index (χ1v) is 8.66. The zero-order valence-electron chi connectivity index (χ0n) is 12.3. The summed E-state index contributed by atoms with van der Waals surface area (Å²) in [6, 6.07) is 7.74. The third-order valence-corrected chi connectivity index (χ3v) is 5.29. The van der Waals surface area contributed by atoms with Crippen LogP contribution in [0.25, 0.3) is 6.08 Å². The van der Waals surface area contributed by atoms with Crippen LogP contribution in [0.4, 0.5) is 0 Å². The van der Waals surface area contributed by atoms with Crippen molar-refractivity contribution in [3.05, 3.63) is 53.2 Å². The summed E-state index contributed by atoms with van der Waals surface area (Å²) in [5.74, 6) is 0. The van der Waals surface area contributed by atoms with Crippen LogP contribution in [0.1, 0.15) is 23.6 Å². The van der Waals surface area contributed by atoms with E-state index in [1.165, 1.54) is 9.71 Å². The van der Waals surface area contributed by atoms with Gasteiger partial charge in [-0.05, 0) is 25.0 Å². The van der Waals surface area contributed by atoms with Gasteiger partial charge in [0.25, 0.3) is 0 Å². The summed E-state index contributed by atoms with van der Waals surface area (Å²) in [6.45, 7) is 2.90. The molecule has 7 heteroatoms. The number of aryl methyl sites for hydroxylation is 1. The highest BCUT2D eigenvalue weighted by Gasteiger charge is 2.31. The number of hydrogen-bond donors (Lipinski definition) is 0. The standard InChI is InChI=1S/C15H18N4O2S/c1-13-2-4-14(5-3-13)7-11-22(20,21)18-10-6-15(12-18)19-16-8-9-17-19/h2-5,7-9,11,15H,6,10,12H2,1H3/b11-7+/t15-/m0/s1. The SMILES string of the molecule is Cc1ccc(/C=C/S(=O)(=O)N2CC[C@H](n3nccn3)C2)cc1. The van der Waals surface area contributed by atoms with Crippen LogP contribution in [0, 0.1) is 6.92 Å². The predicted molar refractivity (Wildman–Crippen MR) is 84.4 cm³/mol. The second-order valence-electron chi connectivity index (χ2n) is 5.41. The predicted octanol–water partition coefficient (Wildman–Crippen LogP) is 1.83. The van der Waals surface area contributed by atoms with E-state index >= 15 is 0 Å².